The van der Waals surface area contributed by atoms with Gasteiger partial charge in [-0.25, -0.2) is 21.6 Å². The lowest BCUT2D eigenvalue weighted by Crippen LogP contribution is -2.43. The number of para-hydroxylation sites is 1. The highest BCUT2D eigenvalue weighted by molar-refractivity contribution is 14.1. The Hall–Kier alpha value is -3.16. The number of hydrogen-bond acceptors (Lipinski definition) is 6. The summed E-state index contributed by atoms with van der Waals surface area (Å²) in [4.78, 5) is 12.5. The Morgan fingerprint density at radius 1 is 0.909 bits per heavy atom. The maximum Gasteiger partial charge on any atom is 0.332 e. The zero-order valence-corrected chi connectivity index (χ0v) is 29.2. The minimum absolute atomic E-state index is 0.0488. The molecule has 44 heavy (non-hydrogen) atoms. The number of nitrogens with zero attached hydrogens (tertiary/aromatic N) is 2. The van der Waals surface area contributed by atoms with Crippen LogP contribution in [0.5, 0.6) is 0 Å². The third-order valence-corrected chi connectivity index (χ3v) is 11.8. The zero-order valence-electron chi connectivity index (χ0n) is 25.4. The average molecular weight is 749 g/mol. The van der Waals surface area contributed by atoms with Gasteiger partial charge in [-0.1, -0.05) is 67.4 Å². The normalized spacial score (nSPS) is 16.5. The summed E-state index contributed by atoms with van der Waals surface area (Å²) < 4.78 is 65.1. The van der Waals surface area contributed by atoms with E-state index in [1.165, 1.54) is 22.6 Å². The average Bonchev–Trinajstić information content (AvgIpc) is 3.25. The molecule has 0 aromatic heterocycles. The first-order valence-electron chi connectivity index (χ1n) is 14.2. The highest BCUT2D eigenvalue weighted by Gasteiger charge is 2.43. The van der Waals surface area contributed by atoms with E-state index in [2.05, 4.69) is 22.6 Å². The molecule has 0 heterocycles. The number of ether oxygens (including phenoxy) is 1. The maximum atomic E-state index is 14.5. The molecule has 0 amide bonds. The monoisotopic (exact) mass is 748 g/mol. The van der Waals surface area contributed by atoms with Crippen LogP contribution in [0, 0.1) is 22.8 Å². The second-order valence-electron chi connectivity index (χ2n) is 11.4. The highest BCUT2D eigenvalue weighted by Crippen LogP contribution is 2.43. The van der Waals surface area contributed by atoms with Gasteiger partial charge in [0.1, 0.15) is 0 Å². The second kappa shape index (κ2) is 13.5. The van der Waals surface area contributed by atoms with E-state index in [1.807, 2.05) is 45.9 Å². The molecule has 0 fully saturated rings. The first-order chi connectivity index (χ1) is 20.7. The molecular formula is C33H37IN2O6S2. The fourth-order valence-corrected chi connectivity index (χ4v) is 8.94. The fraction of sp³-hybridized carbons (Fsp3) is 0.303. The van der Waals surface area contributed by atoms with Crippen molar-refractivity contribution < 1.29 is 26.4 Å². The number of aryl methyl sites for hydroxylation is 2. The van der Waals surface area contributed by atoms with Crippen molar-refractivity contribution >= 4 is 54.3 Å². The second-order valence-corrected chi connectivity index (χ2v) is 16.3. The van der Waals surface area contributed by atoms with Crippen molar-refractivity contribution in [3.8, 4) is 0 Å². The Bertz CT molecular complexity index is 1780. The molecule has 11 heteroatoms. The molecule has 0 N–H and O–H groups in total. The summed E-state index contributed by atoms with van der Waals surface area (Å²) in [5.41, 5.74) is 2.46. The van der Waals surface area contributed by atoms with Gasteiger partial charge >= 0.3 is 5.97 Å². The van der Waals surface area contributed by atoms with E-state index in [1.54, 1.807) is 55.5 Å². The molecule has 1 aliphatic carbocycles. The quantitative estimate of drug-likeness (QED) is 0.0950. The number of hydrogen-bond donors (Lipinski definition) is 0. The van der Waals surface area contributed by atoms with Crippen molar-refractivity contribution in [1.29, 1.82) is 0 Å². The Kier molecular flexibility index (Phi) is 10.3. The first-order valence-corrected chi connectivity index (χ1v) is 18.1. The van der Waals surface area contributed by atoms with E-state index in [4.69, 9.17) is 4.74 Å². The topological polar surface area (TPSA) is 101 Å². The summed E-state index contributed by atoms with van der Waals surface area (Å²) in [7, 11) is -8.23. The summed E-state index contributed by atoms with van der Waals surface area (Å²) in [6, 6.07) is 19.6. The molecule has 3 aromatic rings. The minimum Gasteiger partial charge on any atom is -0.463 e. The van der Waals surface area contributed by atoms with Crippen molar-refractivity contribution in [2.45, 2.75) is 56.9 Å². The van der Waals surface area contributed by atoms with Crippen LogP contribution < -0.4 is 4.31 Å². The molecule has 0 saturated carbocycles. The van der Waals surface area contributed by atoms with Gasteiger partial charge in [0.25, 0.3) is 20.0 Å². The van der Waals surface area contributed by atoms with Gasteiger partial charge in [0, 0.05) is 15.8 Å². The Balaban J connectivity index is 1.86. The molecular weight excluding hydrogens is 711 g/mol. The predicted octanol–water partition coefficient (Wildman–Crippen LogP) is 6.60. The standard InChI is InChI=1S/C33H37IN2O6S2/c1-6-42-32(37)19-20-35(43(38,39)27-15-11-24(2)12-16-27)23-26-21-33(4,5)22-31(26)36(30-10-8-7-9-29(30)34)44(40,41)28-17-13-25(3)14-18-28/h7-21,31H,6,22-23H2,1-5H3/b20-19+. The van der Waals surface area contributed by atoms with Crippen molar-refractivity contribution in [3.63, 3.8) is 0 Å². The van der Waals surface area contributed by atoms with Crippen LogP contribution in [-0.4, -0.2) is 46.3 Å². The van der Waals surface area contributed by atoms with E-state index in [9.17, 15) is 21.6 Å². The van der Waals surface area contributed by atoms with Crippen molar-refractivity contribution in [3.05, 3.63) is 111 Å². The molecule has 0 radical (unpaired) electrons. The van der Waals surface area contributed by atoms with E-state index in [0.29, 0.717) is 17.7 Å². The van der Waals surface area contributed by atoms with E-state index >= 15 is 0 Å². The third-order valence-electron chi connectivity index (χ3n) is 7.30. The lowest BCUT2D eigenvalue weighted by molar-refractivity contribution is -0.137. The number of anilines is 1. The molecule has 234 valence electrons. The SMILES string of the molecule is CCOC(=O)/C=C/N(CC1=CC(C)(C)CC1N(c1ccccc1I)S(=O)(=O)c1ccc(C)cc1)S(=O)(=O)c1ccc(C)cc1. The molecule has 3 aromatic carbocycles. The van der Waals surface area contributed by atoms with Gasteiger partial charge in [0.2, 0.25) is 0 Å². The van der Waals surface area contributed by atoms with Crippen LogP contribution in [0.15, 0.2) is 107 Å². The van der Waals surface area contributed by atoms with Crippen LogP contribution in [0.3, 0.4) is 0 Å². The summed E-state index contributed by atoms with van der Waals surface area (Å²) in [6.45, 7) is 9.36. The minimum atomic E-state index is -4.14. The molecule has 1 atom stereocenters. The third kappa shape index (κ3) is 7.55. The lowest BCUT2D eigenvalue weighted by Gasteiger charge is -2.35. The Labute approximate surface area is 274 Å². The smallest absolute Gasteiger partial charge is 0.332 e. The summed E-state index contributed by atoms with van der Waals surface area (Å²) >= 11 is 2.13. The molecule has 1 unspecified atom stereocenters. The number of rotatable bonds is 11. The van der Waals surface area contributed by atoms with Gasteiger partial charge < -0.3 is 4.74 Å². The number of carbonyl (C=O) groups excluding carboxylic acids is 1. The van der Waals surface area contributed by atoms with Crippen LogP contribution in [0.25, 0.3) is 0 Å². The number of allylic oxidation sites excluding steroid dienone is 1. The van der Waals surface area contributed by atoms with Gasteiger partial charge in [-0.15, -0.1) is 0 Å². The molecule has 1 aliphatic rings. The number of benzene rings is 3. The Morgan fingerprint density at radius 2 is 1.45 bits per heavy atom. The lowest BCUT2D eigenvalue weighted by atomic mass is 9.92. The van der Waals surface area contributed by atoms with E-state index < -0.39 is 37.5 Å². The summed E-state index contributed by atoms with van der Waals surface area (Å²) in [6.07, 6.45) is 4.63. The van der Waals surface area contributed by atoms with Crippen molar-refractivity contribution in [1.82, 2.24) is 4.31 Å². The maximum absolute atomic E-state index is 14.5. The number of halogens is 1. The first kappa shape index (κ1) is 33.7. The number of esters is 1. The van der Waals surface area contributed by atoms with Crippen LogP contribution in [0.2, 0.25) is 0 Å². The van der Waals surface area contributed by atoms with Crippen molar-refractivity contribution in [2.75, 3.05) is 17.5 Å². The predicted molar refractivity (Wildman–Crippen MR) is 181 cm³/mol. The van der Waals surface area contributed by atoms with Crippen LogP contribution in [0.1, 0.15) is 38.3 Å². The van der Waals surface area contributed by atoms with Crippen LogP contribution in [-0.2, 0) is 29.6 Å². The van der Waals surface area contributed by atoms with Crippen LogP contribution in [0.4, 0.5) is 5.69 Å². The molecule has 0 spiro atoms. The molecule has 0 bridgehead atoms. The van der Waals surface area contributed by atoms with Gasteiger partial charge in [-0.2, -0.15) is 0 Å². The van der Waals surface area contributed by atoms with Gasteiger partial charge in [0.15, 0.2) is 0 Å². The van der Waals surface area contributed by atoms with Gasteiger partial charge in [-0.05, 0) is 97.2 Å². The molecule has 0 saturated heterocycles. The fourth-order valence-electron chi connectivity index (χ4n) is 5.17. The largest absolute Gasteiger partial charge is 0.463 e. The number of sulfonamides is 2. The summed E-state index contributed by atoms with van der Waals surface area (Å²) in [5.74, 6) is -0.684. The van der Waals surface area contributed by atoms with E-state index in [0.717, 1.165) is 25.1 Å². The highest BCUT2D eigenvalue weighted by atomic mass is 127. The van der Waals surface area contributed by atoms with E-state index in [-0.39, 0.29) is 22.9 Å². The van der Waals surface area contributed by atoms with Crippen LogP contribution >= 0.6 is 22.6 Å². The Morgan fingerprint density at radius 3 is 2.00 bits per heavy atom. The van der Waals surface area contributed by atoms with Crippen molar-refractivity contribution in [2.24, 2.45) is 5.41 Å². The molecule has 0 aliphatic heterocycles. The van der Waals surface area contributed by atoms with Gasteiger partial charge in [-0.3, -0.25) is 8.61 Å². The number of carbonyl (C=O) groups is 1. The van der Waals surface area contributed by atoms with Gasteiger partial charge in [0.05, 0.1) is 34.7 Å². The zero-order chi connectivity index (χ0) is 32.3. The molecule has 8 nitrogen and oxygen atoms in total. The molecule has 4 rings (SSSR count). The summed E-state index contributed by atoms with van der Waals surface area (Å²) in [5, 5.41) is 0.